The SMILES string of the molecule is CCC(C#N)(CCCOC(C)COC)NC1CC1. The van der Waals surface area contributed by atoms with E-state index in [2.05, 4.69) is 18.3 Å². The van der Waals surface area contributed by atoms with Crippen molar-refractivity contribution in [2.75, 3.05) is 20.3 Å². The normalized spacial score (nSPS) is 20.1. The second kappa shape index (κ2) is 7.73. The van der Waals surface area contributed by atoms with Crippen LogP contribution in [0, 0.1) is 11.3 Å². The predicted molar refractivity (Wildman–Crippen MR) is 71.3 cm³/mol. The summed E-state index contributed by atoms with van der Waals surface area (Å²) in [6.07, 6.45) is 5.18. The molecule has 1 fully saturated rings. The van der Waals surface area contributed by atoms with Crippen LogP contribution in [0.1, 0.15) is 46.0 Å². The van der Waals surface area contributed by atoms with E-state index in [4.69, 9.17) is 9.47 Å². The molecule has 0 saturated heterocycles. The molecule has 0 aromatic heterocycles. The molecule has 1 rings (SSSR count). The van der Waals surface area contributed by atoms with Crippen LogP contribution in [0.2, 0.25) is 0 Å². The topological polar surface area (TPSA) is 54.3 Å². The third kappa shape index (κ3) is 5.34. The van der Waals surface area contributed by atoms with Gasteiger partial charge in [-0.15, -0.1) is 0 Å². The molecule has 18 heavy (non-hydrogen) atoms. The predicted octanol–water partition coefficient (Wildman–Crippen LogP) is 2.24. The number of nitrogens with zero attached hydrogens (tertiary/aromatic N) is 1. The zero-order chi connectivity index (χ0) is 13.4. The third-order valence-electron chi connectivity index (χ3n) is 3.43. The summed E-state index contributed by atoms with van der Waals surface area (Å²) >= 11 is 0. The van der Waals surface area contributed by atoms with E-state index in [0.29, 0.717) is 19.3 Å². The highest BCUT2D eigenvalue weighted by Crippen LogP contribution is 2.26. The first kappa shape index (κ1) is 15.4. The minimum atomic E-state index is -0.352. The van der Waals surface area contributed by atoms with Gasteiger partial charge in [0.2, 0.25) is 0 Å². The van der Waals surface area contributed by atoms with E-state index in [1.54, 1.807) is 7.11 Å². The fourth-order valence-corrected chi connectivity index (χ4v) is 2.08. The Labute approximate surface area is 111 Å². The highest BCUT2D eigenvalue weighted by molar-refractivity contribution is 5.09. The Morgan fingerprint density at radius 3 is 2.72 bits per heavy atom. The van der Waals surface area contributed by atoms with Crippen molar-refractivity contribution in [3.8, 4) is 6.07 Å². The van der Waals surface area contributed by atoms with E-state index >= 15 is 0 Å². The van der Waals surface area contributed by atoms with Crippen LogP contribution < -0.4 is 5.32 Å². The molecule has 4 nitrogen and oxygen atoms in total. The van der Waals surface area contributed by atoms with Crippen molar-refractivity contribution < 1.29 is 9.47 Å². The zero-order valence-corrected chi connectivity index (χ0v) is 11.9. The van der Waals surface area contributed by atoms with Gasteiger partial charge < -0.3 is 9.47 Å². The molecule has 2 atom stereocenters. The zero-order valence-electron chi connectivity index (χ0n) is 11.9. The van der Waals surface area contributed by atoms with Gasteiger partial charge in [0.05, 0.1) is 18.8 Å². The molecule has 4 heteroatoms. The molecule has 0 heterocycles. The van der Waals surface area contributed by atoms with Gasteiger partial charge in [0, 0.05) is 19.8 Å². The average Bonchev–Trinajstić information content (AvgIpc) is 3.17. The maximum absolute atomic E-state index is 9.37. The van der Waals surface area contributed by atoms with E-state index < -0.39 is 0 Å². The monoisotopic (exact) mass is 254 g/mol. The maximum Gasteiger partial charge on any atom is 0.106 e. The molecule has 0 aliphatic heterocycles. The van der Waals surface area contributed by atoms with Gasteiger partial charge in [-0.25, -0.2) is 0 Å². The van der Waals surface area contributed by atoms with Crippen LogP contribution in [0.15, 0.2) is 0 Å². The summed E-state index contributed by atoms with van der Waals surface area (Å²) in [5.74, 6) is 0. The number of ether oxygens (including phenoxy) is 2. The first-order valence-electron chi connectivity index (χ1n) is 6.95. The fraction of sp³-hybridized carbons (Fsp3) is 0.929. The first-order valence-corrected chi connectivity index (χ1v) is 6.95. The number of nitriles is 1. The molecule has 0 amide bonds. The van der Waals surface area contributed by atoms with Gasteiger partial charge >= 0.3 is 0 Å². The third-order valence-corrected chi connectivity index (χ3v) is 3.43. The van der Waals surface area contributed by atoms with Crippen LogP contribution in [-0.4, -0.2) is 38.0 Å². The Hall–Kier alpha value is -0.630. The van der Waals surface area contributed by atoms with E-state index in [1.807, 2.05) is 6.92 Å². The highest BCUT2D eigenvalue weighted by Gasteiger charge is 2.34. The number of rotatable bonds is 10. The second-order valence-electron chi connectivity index (χ2n) is 5.21. The molecule has 0 radical (unpaired) electrons. The van der Waals surface area contributed by atoms with Crippen LogP contribution in [0.3, 0.4) is 0 Å². The van der Waals surface area contributed by atoms with Gasteiger partial charge in [0.1, 0.15) is 5.54 Å². The first-order chi connectivity index (χ1) is 8.65. The minimum absolute atomic E-state index is 0.129. The Balaban J connectivity index is 2.23. The number of hydrogen-bond donors (Lipinski definition) is 1. The summed E-state index contributed by atoms with van der Waals surface area (Å²) in [4.78, 5) is 0. The number of methoxy groups -OCH3 is 1. The standard InChI is InChI=1S/C14H26N2O2/c1-4-14(11-15,16-13-6-7-13)8-5-9-18-12(2)10-17-3/h12-13,16H,4-10H2,1-3H3. The molecule has 104 valence electrons. The second-order valence-corrected chi connectivity index (χ2v) is 5.21. The smallest absolute Gasteiger partial charge is 0.106 e. The summed E-state index contributed by atoms with van der Waals surface area (Å²) in [6, 6.07) is 3.03. The van der Waals surface area contributed by atoms with Gasteiger partial charge in [-0.05, 0) is 39.0 Å². The molecule has 0 bridgehead atoms. The largest absolute Gasteiger partial charge is 0.382 e. The average molecular weight is 254 g/mol. The molecule has 0 spiro atoms. The summed E-state index contributed by atoms with van der Waals surface area (Å²) < 4.78 is 10.6. The molecule has 1 N–H and O–H groups in total. The van der Waals surface area contributed by atoms with Gasteiger partial charge in [0.25, 0.3) is 0 Å². The lowest BCUT2D eigenvalue weighted by Crippen LogP contribution is -2.44. The Bertz CT molecular complexity index is 273. The van der Waals surface area contributed by atoms with Crippen molar-refractivity contribution in [1.82, 2.24) is 5.32 Å². The van der Waals surface area contributed by atoms with Gasteiger partial charge in [-0.2, -0.15) is 5.26 Å². The van der Waals surface area contributed by atoms with Gasteiger partial charge in [0.15, 0.2) is 0 Å². The van der Waals surface area contributed by atoms with Crippen molar-refractivity contribution in [1.29, 1.82) is 5.26 Å². The number of hydrogen-bond acceptors (Lipinski definition) is 4. The van der Waals surface area contributed by atoms with Gasteiger partial charge in [-0.1, -0.05) is 6.92 Å². The summed E-state index contributed by atoms with van der Waals surface area (Å²) in [6.45, 7) is 5.40. The highest BCUT2D eigenvalue weighted by atomic mass is 16.5. The summed E-state index contributed by atoms with van der Waals surface area (Å²) in [7, 11) is 1.68. The molecule has 1 aliphatic carbocycles. The van der Waals surface area contributed by atoms with Crippen LogP contribution >= 0.6 is 0 Å². The summed E-state index contributed by atoms with van der Waals surface area (Å²) in [5.41, 5.74) is -0.352. The van der Waals surface area contributed by atoms with Crippen molar-refractivity contribution in [2.24, 2.45) is 0 Å². The molecule has 1 saturated carbocycles. The minimum Gasteiger partial charge on any atom is -0.382 e. The van der Waals surface area contributed by atoms with Crippen LogP contribution in [0.5, 0.6) is 0 Å². The lowest BCUT2D eigenvalue weighted by Gasteiger charge is -2.27. The summed E-state index contributed by atoms with van der Waals surface area (Å²) in [5, 5.41) is 12.8. The van der Waals surface area contributed by atoms with Crippen LogP contribution in [0.25, 0.3) is 0 Å². The van der Waals surface area contributed by atoms with Crippen LogP contribution in [-0.2, 0) is 9.47 Å². The Morgan fingerprint density at radius 2 is 2.22 bits per heavy atom. The van der Waals surface area contributed by atoms with Gasteiger partial charge in [-0.3, -0.25) is 5.32 Å². The van der Waals surface area contributed by atoms with E-state index in [-0.39, 0.29) is 11.6 Å². The molecular formula is C14H26N2O2. The van der Waals surface area contributed by atoms with Crippen molar-refractivity contribution in [3.05, 3.63) is 0 Å². The van der Waals surface area contributed by atoms with Crippen molar-refractivity contribution in [2.45, 2.75) is 63.6 Å². The molecule has 0 aromatic rings. The van der Waals surface area contributed by atoms with Crippen molar-refractivity contribution >= 4 is 0 Å². The Morgan fingerprint density at radius 1 is 1.50 bits per heavy atom. The van der Waals surface area contributed by atoms with Crippen LogP contribution in [0.4, 0.5) is 0 Å². The maximum atomic E-state index is 9.37. The number of nitrogens with one attached hydrogen (secondary N) is 1. The molecule has 1 aliphatic rings. The quantitative estimate of drug-likeness (QED) is 0.607. The molecular weight excluding hydrogens is 228 g/mol. The van der Waals surface area contributed by atoms with E-state index in [0.717, 1.165) is 19.3 Å². The Kier molecular flexibility index (Phi) is 6.62. The molecule has 0 aromatic carbocycles. The lowest BCUT2D eigenvalue weighted by atomic mass is 9.92. The van der Waals surface area contributed by atoms with E-state index in [1.165, 1.54) is 12.8 Å². The van der Waals surface area contributed by atoms with E-state index in [9.17, 15) is 5.26 Å². The molecule has 2 unspecified atom stereocenters. The van der Waals surface area contributed by atoms with Crippen molar-refractivity contribution in [3.63, 3.8) is 0 Å². The fourth-order valence-electron chi connectivity index (χ4n) is 2.08. The lowest BCUT2D eigenvalue weighted by molar-refractivity contribution is 0.00632.